The van der Waals surface area contributed by atoms with Crippen molar-refractivity contribution in [3.63, 3.8) is 0 Å². The van der Waals surface area contributed by atoms with Gasteiger partial charge in [-0.3, -0.25) is 4.79 Å². The van der Waals surface area contributed by atoms with Gasteiger partial charge in [0.05, 0.1) is 11.0 Å². The minimum Gasteiger partial charge on any atom is -0.464 e. The van der Waals surface area contributed by atoms with E-state index in [4.69, 9.17) is 4.42 Å². The molecule has 7 heteroatoms. The average molecular weight is 378 g/mol. The second-order valence-corrected chi connectivity index (χ2v) is 10.4. The Labute approximate surface area is 154 Å². The molecule has 1 aliphatic rings. The topological polar surface area (TPSA) is 88.4 Å². The lowest BCUT2D eigenvalue weighted by Gasteiger charge is -2.30. The Bertz CT molecular complexity index is 888. The highest BCUT2D eigenvalue weighted by atomic mass is 32.2. The fourth-order valence-electron chi connectivity index (χ4n) is 3.16. The molecule has 1 heterocycles. The van der Waals surface area contributed by atoms with E-state index in [2.05, 4.69) is 10.0 Å². The molecule has 0 spiro atoms. The Balaban J connectivity index is 1.55. The highest BCUT2D eigenvalue weighted by Crippen LogP contribution is 2.28. The van der Waals surface area contributed by atoms with Gasteiger partial charge >= 0.3 is 0 Å². The average Bonchev–Trinajstić information content (AvgIpc) is 3.01. The lowest BCUT2D eigenvalue weighted by molar-refractivity contribution is -0.120. The molecule has 0 aliphatic heterocycles. The molecule has 1 saturated carbocycles. The number of amides is 1. The van der Waals surface area contributed by atoms with Crippen molar-refractivity contribution in [1.29, 1.82) is 0 Å². The van der Waals surface area contributed by atoms with Gasteiger partial charge in [-0.25, -0.2) is 13.1 Å². The van der Waals surface area contributed by atoms with Crippen LogP contribution in [0.5, 0.6) is 0 Å². The lowest BCUT2D eigenvalue weighted by Crippen LogP contribution is -2.46. The maximum Gasteiger partial charge on any atom is 0.227 e. The van der Waals surface area contributed by atoms with E-state index in [1.165, 1.54) is 0 Å². The standard InChI is InChI=1S/C19H26N2O4S/c1-19(2,3)26(23,24)21-15-6-4-13(5-7-15)18(22)20-16-8-9-17-14(12-16)10-11-25-17/h8-13,15,21H,4-7H2,1-3H3,(H,20,22)/t13-,15-. The molecule has 3 rings (SSSR count). The van der Waals surface area contributed by atoms with Gasteiger partial charge in [-0.15, -0.1) is 0 Å². The first-order valence-corrected chi connectivity index (χ1v) is 10.4. The van der Waals surface area contributed by atoms with Gasteiger partial charge in [0.25, 0.3) is 0 Å². The van der Waals surface area contributed by atoms with E-state index in [-0.39, 0.29) is 17.9 Å². The highest BCUT2D eigenvalue weighted by molar-refractivity contribution is 7.90. The van der Waals surface area contributed by atoms with Crippen LogP contribution >= 0.6 is 0 Å². The van der Waals surface area contributed by atoms with Gasteiger partial charge in [-0.2, -0.15) is 0 Å². The van der Waals surface area contributed by atoms with E-state index in [9.17, 15) is 13.2 Å². The van der Waals surface area contributed by atoms with Gasteiger partial charge in [0.2, 0.25) is 15.9 Å². The van der Waals surface area contributed by atoms with Gasteiger partial charge in [0, 0.05) is 23.0 Å². The monoisotopic (exact) mass is 378 g/mol. The van der Waals surface area contributed by atoms with Gasteiger partial charge in [-0.1, -0.05) is 0 Å². The van der Waals surface area contributed by atoms with Crippen molar-refractivity contribution in [1.82, 2.24) is 4.72 Å². The maximum absolute atomic E-state index is 12.5. The molecular weight excluding hydrogens is 352 g/mol. The van der Waals surface area contributed by atoms with Gasteiger partial charge < -0.3 is 9.73 Å². The third kappa shape index (κ3) is 4.10. The fourth-order valence-corrected chi connectivity index (χ4v) is 4.19. The fraction of sp³-hybridized carbons (Fsp3) is 0.526. The van der Waals surface area contributed by atoms with Crippen LogP contribution in [0.1, 0.15) is 46.5 Å². The number of anilines is 1. The molecule has 1 aliphatic carbocycles. The molecule has 1 fully saturated rings. The summed E-state index contributed by atoms with van der Waals surface area (Å²) in [5.74, 6) is -0.101. The summed E-state index contributed by atoms with van der Waals surface area (Å²) in [7, 11) is -3.36. The van der Waals surface area contributed by atoms with Crippen LogP contribution in [-0.4, -0.2) is 25.1 Å². The van der Waals surface area contributed by atoms with E-state index in [0.29, 0.717) is 25.7 Å². The summed E-state index contributed by atoms with van der Waals surface area (Å²) in [6.07, 6.45) is 4.33. The number of hydrogen-bond acceptors (Lipinski definition) is 4. The van der Waals surface area contributed by atoms with E-state index in [1.807, 2.05) is 24.3 Å². The summed E-state index contributed by atoms with van der Waals surface area (Å²) in [5.41, 5.74) is 1.54. The first kappa shape index (κ1) is 18.9. The molecule has 0 saturated heterocycles. The largest absolute Gasteiger partial charge is 0.464 e. The number of hydrogen-bond donors (Lipinski definition) is 2. The molecule has 2 N–H and O–H groups in total. The molecular formula is C19H26N2O4S. The first-order valence-electron chi connectivity index (χ1n) is 8.96. The molecule has 0 bridgehead atoms. The SMILES string of the molecule is CC(C)(C)S(=O)(=O)N[C@H]1CC[C@H](C(=O)Nc2ccc3occc3c2)CC1. The molecule has 6 nitrogen and oxygen atoms in total. The van der Waals surface area contributed by atoms with E-state index >= 15 is 0 Å². The quantitative estimate of drug-likeness (QED) is 0.850. The maximum atomic E-state index is 12.5. The highest BCUT2D eigenvalue weighted by Gasteiger charge is 2.34. The molecule has 1 aromatic carbocycles. The second-order valence-electron chi connectivity index (χ2n) is 7.94. The van der Waals surface area contributed by atoms with Gasteiger partial charge in [-0.05, 0) is 70.7 Å². The number of rotatable bonds is 4. The van der Waals surface area contributed by atoms with Crippen LogP contribution in [0.15, 0.2) is 34.9 Å². The van der Waals surface area contributed by atoms with Crippen molar-refractivity contribution in [2.45, 2.75) is 57.2 Å². The van der Waals surface area contributed by atoms with Crippen molar-refractivity contribution in [3.8, 4) is 0 Å². The molecule has 1 aromatic heterocycles. The van der Waals surface area contributed by atoms with Crippen LogP contribution in [0.2, 0.25) is 0 Å². The molecule has 0 radical (unpaired) electrons. The summed E-state index contributed by atoms with van der Waals surface area (Å²) in [6, 6.07) is 7.32. The number of benzene rings is 1. The number of sulfonamides is 1. The number of fused-ring (bicyclic) bond motifs is 1. The van der Waals surface area contributed by atoms with Crippen LogP contribution < -0.4 is 10.0 Å². The molecule has 142 valence electrons. The third-order valence-corrected chi connectivity index (χ3v) is 7.20. The Hall–Kier alpha value is -1.86. The zero-order valence-electron chi connectivity index (χ0n) is 15.4. The van der Waals surface area contributed by atoms with Crippen molar-refractivity contribution in [2.75, 3.05) is 5.32 Å². The van der Waals surface area contributed by atoms with Crippen molar-refractivity contribution in [2.24, 2.45) is 5.92 Å². The molecule has 2 aromatic rings. The summed E-state index contributed by atoms with van der Waals surface area (Å²) in [4.78, 5) is 12.5. The Kier molecular flexibility index (Phi) is 5.12. The molecule has 26 heavy (non-hydrogen) atoms. The third-order valence-electron chi connectivity index (χ3n) is 4.95. The van der Waals surface area contributed by atoms with Crippen LogP contribution in [-0.2, 0) is 14.8 Å². The van der Waals surface area contributed by atoms with Gasteiger partial charge in [0.15, 0.2) is 0 Å². The number of carbonyl (C=O) groups is 1. The van der Waals surface area contributed by atoms with Crippen molar-refractivity contribution in [3.05, 3.63) is 30.5 Å². The number of furan rings is 1. The smallest absolute Gasteiger partial charge is 0.227 e. The number of nitrogens with one attached hydrogen (secondary N) is 2. The Morgan fingerprint density at radius 2 is 1.81 bits per heavy atom. The summed E-state index contributed by atoms with van der Waals surface area (Å²) >= 11 is 0. The van der Waals surface area contributed by atoms with E-state index in [0.717, 1.165) is 16.7 Å². The molecule has 0 atom stereocenters. The summed E-state index contributed by atoms with van der Waals surface area (Å²) < 4.78 is 31.8. The second kappa shape index (κ2) is 7.04. The van der Waals surface area contributed by atoms with Crippen LogP contribution in [0, 0.1) is 5.92 Å². The zero-order chi connectivity index (χ0) is 18.9. The van der Waals surface area contributed by atoms with Crippen molar-refractivity contribution < 1.29 is 17.6 Å². The van der Waals surface area contributed by atoms with Crippen molar-refractivity contribution >= 4 is 32.6 Å². The van der Waals surface area contributed by atoms with Crippen LogP contribution in [0.25, 0.3) is 11.0 Å². The first-order chi connectivity index (χ1) is 12.2. The zero-order valence-corrected chi connectivity index (χ0v) is 16.2. The minimum atomic E-state index is -3.36. The van der Waals surface area contributed by atoms with Crippen LogP contribution in [0.4, 0.5) is 5.69 Å². The normalized spacial score (nSPS) is 21.7. The molecule has 1 amide bonds. The molecule has 0 unspecified atom stereocenters. The van der Waals surface area contributed by atoms with E-state index in [1.54, 1.807) is 27.0 Å². The minimum absolute atomic E-state index is 0.00928. The van der Waals surface area contributed by atoms with E-state index < -0.39 is 14.8 Å². The predicted octanol–water partition coefficient (Wildman–Crippen LogP) is 3.65. The Morgan fingerprint density at radius 1 is 1.12 bits per heavy atom. The summed E-state index contributed by atoms with van der Waals surface area (Å²) in [6.45, 7) is 5.06. The predicted molar refractivity (Wildman–Crippen MR) is 102 cm³/mol. The van der Waals surface area contributed by atoms with Crippen LogP contribution in [0.3, 0.4) is 0 Å². The summed E-state index contributed by atoms with van der Waals surface area (Å²) in [5, 5.41) is 3.91. The lowest BCUT2D eigenvalue weighted by atomic mass is 9.86. The van der Waals surface area contributed by atoms with Gasteiger partial charge in [0.1, 0.15) is 5.58 Å². The number of carbonyl (C=O) groups excluding carboxylic acids is 1. The Morgan fingerprint density at radius 3 is 2.46 bits per heavy atom.